The molecule has 5 nitrogen and oxygen atoms in total. The fourth-order valence-corrected chi connectivity index (χ4v) is 1.59. The van der Waals surface area contributed by atoms with Gasteiger partial charge < -0.3 is 4.52 Å². The monoisotopic (exact) mass is 238 g/mol. The van der Waals surface area contributed by atoms with E-state index in [1.54, 1.807) is 18.5 Å². The number of halogens is 1. The van der Waals surface area contributed by atoms with Gasteiger partial charge in [0.05, 0.1) is 23.3 Å². The summed E-state index contributed by atoms with van der Waals surface area (Å²) in [5, 5.41) is 11.1. The van der Waals surface area contributed by atoms with Crippen molar-refractivity contribution in [3.05, 3.63) is 24.3 Å². The van der Waals surface area contributed by atoms with Crippen molar-refractivity contribution in [2.75, 3.05) is 0 Å². The van der Waals surface area contributed by atoms with Gasteiger partial charge in [0.25, 0.3) is 5.89 Å². The van der Waals surface area contributed by atoms with Crippen molar-refractivity contribution in [3.63, 3.8) is 0 Å². The van der Waals surface area contributed by atoms with Crippen LogP contribution in [0, 0.1) is 0 Å². The maximum atomic E-state index is 6.09. The zero-order valence-electron chi connectivity index (χ0n) is 8.80. The third kappa shape index (κ3) is 2.36. The SMILES string of the molecule is CCCC(Cl)c1noc(-c2ccnnc2)n1. The van der Waals surface area contributed by atoms with E-state index >= 15 is 0 Å². The first-order chi connectivity index (χ1) is 7.81. The molecule has 0 aliphatic carbocycles. The lowest BCUT2D eigenvalue weighted by molar-refractivity contribution is 0.420. The molecule has 0 spiro atoms. The minimum atomic E-state index is -0.197. The van der Waals surface area contributed by atoms with E-state index in [1.165, 1.54) is 0 Å². The Labute approximate surface area is 97.8 Å². The molecule has 0 radical (unpaired) electrons. The first kappa shape index (κ1) is 11.0. The Morgan fingerprint density at radius 1 is 1.44 bits per heavy atom. The smallest absolute Gasteiger partial charge is 0.259 e. The van der Waals surface area contributed by atoms with Crippen LogP contribution in [0.4, 0.5) is 0 Å². The normalized spacial score (nSPS) is 12.6. The van der Waals surface area contributed by atoms with Gasteiger partial charge in [0, 0.05) is 0 Å². The lowest BCUT2D eigenvalue weighted by Gasteiger charge is -1.99. The Bertz CT molecular complexity index is 445. The van der Waals surface area contributed by atoms with Crippen molar-refractivity contribution >= 4 is 11.6 Å². The molecule has 0 fully saturated rings. The Morgan fingerprint density at radius 2 is 2.31 bits per heavy atom. The first-order valence-corrected chi connectivity index (χ1v) is 5.49. The molecule has 2 aromatic rings. The Morgan fingerprint density at radius 3 is 3.00 bits per heavy atom. The van der Waals surface area contributed by atoms with Crippen LogP contribution in [-0.2, 0) is 0 Å². The van der Waals surface area contributed by atoms with Crippen molar-refractivity contribution in [3.8, 4) is 11.5 Å². The summed E-state index contributed by atoms with van der Waals surface area (Å²) in [4.78, 5) is 4.22. The molecule has 0 amide bonds. The average molecular weight is 239 g/mol. The first-order valence-electron chi connectivity index (χ1n) is 5.06. The van der Waals surface area contributed by atoms with Crippen LogP contribution in [0.3, 0.4) is 0 Å². The second-order valence-corrected chi connectivity index (χ2v) is 3.87. The summed E-state index contributed by atoms with van der Waals surface area (Å²) < 4.78 is 5.10. The van der Waals surface area contributed by atoms with Crippen LogP contribution >= 0.6 is 11.6 Å². The van der Waals surface area contributed by atoms with Crippen LogP contribution in [0.15, 0.2) is 23.0 Å². The van der Waals surface area contributed by atoms with Gasteiger partial charge in [-0.05, 0) is 12.5 Å². The van der Waals surface area contributed by atoms with Gasteiger partial charge in [0.1, 0.15) is 0 Å². The van der Waals surface area contributed by atoms with Gasteiger partial charge in [0.2, 0.25) is 0 Å². The molecule has 2 aromatic heterocycles. The molecule has 1 unspecified atom stereocenters. The lowest BCUT2D eigenvalue weighted by Crippen LogP contribution is -1.92. The summed E-state index contributed by atoms with van der Waals surface area (Å²) >= 11 is 6.09. The number of nitrogens with zero attached hydrogens (tertiary/aromatic N) is 4. The quantitative estimate of drug-likeness (QED) is 0.766. The molecule has 0 aliphatic rings. The highest BCUT2D eigenvalue weighted by atomic mass is 35.5. The van der Waals surface area contributed by atoms with E-state index in [-0.39, 0.29) is 5.38 Å². The van der Waals surface area contributed by atoms with Gasteiger partial charge in [-0.3, -0.25) is 0 Å². The molecule has 84 valence electrons. The molecule has 16 heavy (non-hydrogen) atoms. The molecular weight excluding hydrogens is 228 g/mol. The molecule has 6 heteroatoms. The number of aromatic nitrogens is 4. The fraction of sp³-hybridized carbons (Fsp3) is 0.400. The highest BCUT2D eigenvalue weighted by Gasteiger charge is 2.15. The van der Waals surface area contributed by atoms with Crippen molar-refractivity contribution in [2.45, 2.75) is 25.1 Å². The van der Waals surface area contributed by atoms with Crippen molar-refractivity contribution in [1.82, 2.24) is 20.3 Å². The number of alkyl halides is 1. The van der Waals surface area contributed by atoms with Gasteiger partial charge in [-0.15, -0.1) is 11.6 Å². The summed E-state index contributed by atoms with van der Waals surface area (Å²) in [6.45, 7) is 2.06. The van der Waals surface area contributed by atoms with E-state index in [0.717, 1.165) is 18.4 Å². The summed E-state index contributed by atoms with van der Waals surface area (Å²) in [7, 11) is 0. The van der Waals surface area contributed by atoms with Crippen molar-refractivity contribution in [2.24, 2.45) is 0 Å². The highest BCUT2D eigenvalue weighted by molar-refractivity contribution is 6.20. The van der Waals surface area contributed by atoms with E-state index in [2.05, 4.69) is 27.3 Å². The summed E-state index contributed by atoms with van der Waals surface area (Å²) in [6.07, 6.45) is 4.95. The minimum Gasteiger partial charge on any atom is -0.334 e. The van der Waals surface area contributed by atoms with E-state index in [1.807, 2.05) is 0 Å². The van der Waals surface area contributed by atoms with Gasteiger partial charge in [-0.2, -0.15) is 15.2 Å². The number of hydrogen-bond acceptors (Lipinski definition) is 5. The summed E-state index contributed by atoms with van der Waals surface area (Å²) in [5.74, 6) is 0.946. The third-order valence-corrected chi connectivity index (χ3v) is 2.51. The number of hydrogen-bond donors (Lipinski definition) is 0. The maximum Gasteiger partial charge on any atom is 0.259 e. The van der Waals surface area contributed by atoms with Crippen molar-refractivity contribution in [1.29, 1.82) is 0 Å². The van der Waals surface area contributed by atoms with Crippen LogP contribution in [0.25, 0.3) is 11.5 Å². The lowest BCUT2D eigenvalue weighted by atomic mass is 10.2. The molecule has 0 aliphatic heterocycles. The third-order valence-electron chi connectivity index (χ3n) is 2.10. The molecule has 0 saturated heterocycles. The molecule has 2 heterocycles. The predicted octanol–water partition coefficient (Wildman–Crippen LogP) is 2.61. The molecule has 0 N–H and O–H groups in total. The Balaban J connectivity index is 2.20. The molecule has 1 atom stereocenters. The van der Waals surface area contributed by atoms with Crippen LogP contribution in [0.1, 0.15) is 31.0 Å². The molecule has 0 saturated carbocycles. The Kier molecular flexibility index (Phi) is 3.46. The van der Waals surface area contributed by atoms with Gasteiger partial charge >= 0.3 is 0 Å². The van der Waals surface area contributed by atoms with E-state index in [4.69, 9.17) is 16.1 Å². The summed E-state index contributed by atoms with van der Waals surface area (Å²) in [6, 6.07) is 1.76. The largest absolute Gasteiger partial charge is 0.334 e. The van der Waals surface area contributed by atoms with Gasteiger partial charge in [-0.25, -0.2) is 0 Å². The number of rotatable bonds is 4. The fourth-order valence-electron chi connectivity index (χ4n) is 1.28. The highest BCUT2D eigenvalue weighted by Crippen LogP contribution is 2.25. The van der Waals surface area contributed by atoms with Crippen LogP contribution in [0.2, 0.25) is 0 Å². The second kappa shape index (κ2) is 5.03. The summed E-state index contributed by atoms with van der Waals surface area (Å²) in [5.41, 5.74) is 0.745. The molecule has 2 rings (SSSR count). The zero-order valence-corrected chi connectivity index (χ0v) is 9.55. The Hall–Kier alpha value is -1.49. The molecular formula is C10H11ClN4O. The van der Waals surface area contributed by atoms with E-state index in [0.29, 0.717) is 11.7 Å². The second-order valence-electron chi connectivity index (χ2n) is 3.35. The van der Waals surface area contributed by atoms with Crippen LogP contribution in [0.5, 0.6) is 0 Å². The van der Waals surface area contributed by atoms with Crippen LogP contribution < -0.4 is 0 Å². The minimum absolute atomic E-state index is 0.197. The van der Waals surface area contributed by atoms with Gasteiger partial charge in [0.15, 0.2) is 5.82 Å². The van der Waals surface area contributed by atoms with Crippen LogP contribution in [-0.4, -0.2) is 20.3 Å². The standard InChI is InChI=1S/C10H11ClN4O/c1-2-3-8(11)9-14-10(16-15-9)7-4-5-12-13-6-7/h4-6,8H,2-3H2,1H3. The predicted molar refractivity (Wildman–Crippen MR) is 58.8 cm³/mol. The average Bonchev–Trinajstić information content (AvgIpc) is 2.80. The molecule has 0 aromatic carbocycles. The van der Waals surface area contributed by atoms with E-state index < -0.39 is 0 Å². The van der Waals surface area contributed by atoms with Crippen molar-refractivity contribution < 1.29 is 4.52 Å². The topological polar surface area (TPSA) is 64.7 Å². The maximum absolute atomic E-state index is 6.09. The molecule has 0 bridgehead atoms. The van der Waals surface area contributed by atoms with E-state index in [9.17, 15) is 0 Å². The zero-order chi connectivity index (χ0) is 11.4. The van der Waals surface area contributed by atoms with Gasteiger partial charge in [-0.1, -0.05) is 18.5 Å².